The van der Waals surface area contributed by atoms with Crippen molar-refractivity contribution in [3.05, 3.63) is 12.7 Å². The molecular formula is C11H24N2. The van der Waals surface area contributed by atoms with Gasteiger partial charge in [-0.3, -0.25) is 0 Å². The summed E-state index contributed by atoms with van der Waals surface area (Å²) in [5, 5.41) is 0. The monoisotopic (exact) mass is 184 g/mol. The number of rotatable bonds is 8. The molecule has 0 radical (unpaired) electrons. The highest BCUT2D eigenvalue weighted by molar-refractivity contribution is 4.69. The molecule has 2 N–H and O–H groups in total. The largest absolute Gasteiger partial charge is 0.330 e. The van der Waals surface area contributed by atoms with Gasteiger partial charge in [-0.15, -0.1) is 6.58 Å². The summed E-state index contributed by atoms with van der Waals surface area (Å²) in [7, 11) is 2.18. The zero-order valence-electron chi connectivity index (χ0n) is 9.13. The van der Waals surface area contributed by atoms with Crippen molar-refractivity contribution in [2.75, 3.05) is 20.1 Å². The third-order valence-electron chi connectivity index (χ3n) is 2.50. The van der Waals surface area contributed by atoms with E-state index in [0.717, 1.165) is 25.9 Å². The Morgan fingerprint density at radius 3 is 2.69 bits per heavy atom. The fourth-order valence-corrected chi connectivity index (χ4v) is 1.34. The molecule has 0 aromatic carbocycles. The maximum atomic E-state index is 5.47. The Balaban J connectivity index is 3.43. The predicted molar refractivity (Wildman–Crippen MR) is 59.8 cm³/mol. The standard InChI is InChI=1S/C11H24N2/c1-4-5-6-10-13(3)11(2)8-7-9-12/h4,11H,1,5-10,12H2,2-3H3. The number of unbranched alkanes of at least 4 members (excludes halogenated alkanes) is 1. The van der Waals surface area contributed by atoms with E-state index in [2.05, 4.69) is 25.5 Å². The summed E-state index contributed by atoms with van der Waals surface area (Å²) in [5.74, 6) is 0. The minimum Gasteiger partial charge on any atom is -0.330 e. The van der Waals surface area contributed by atoms with Crippen molar-refractivity contribution in [2.24, 2.45) is 5.73 Å². The van der Waals surface area contributed by atoms with E-state index in [1.807, 2.05) is 6.08 Å². The maximum Gasteiger partial charge on any atom is 0.00643 e. The Kier molecular flexibility index (Phi) is 8.05. The van der Waals surface area contributed by atoms with Gasteiger partial charge in [0.2, 0.25) is 0 Å². The van der Waals surface area contributed by atoms with Gasteiger partial charge in [0.15, 0.2) is 0 Å². The van der Waals surface area contributed by atoms with Crippen LogP contribution < -0.4 is 5.73 Å². The van der Waals surface area contributed by atoms with E-state index in [-0.39, 0.29) is 0 Å². The van der Waals surface area contributed by atoms with Crippen LogP contribution in [0.1, 0.15) is 32.6 Å². The Morgan fingerprint density at radius 2 is 2.15 bits per heavy atom. The molecule has 0 aromatic heterocycles. The smallest absolute Gasteiger partial charge is 0.00643 e. The van der Waals surface area contributed by atoms with Crippen LogP contribution in [0.2, 0.25) is 0 Å². The number of hydrogen-bond donors (Lipinski definition) is 1. The van der Waals surface area contributed by atoms with Crippen molar-refractivity contribution in [1.29, 1.82) is 0 Å². The molecule has 0 bridgehead atoms. The van der Waals surface area contributed by atoms with Gasteiger partial charge in [-0.1, -0.05) is 6.08 Å². The van der Waals surface area contributed by atoms with Gasteiger partial charge < -0.3 is 10.6 Å². The maximum absolute atomic E-state index is 5.47. The summed E-state index contributed by atoms with van der Waals surface area (Å²) in [4.78, 5) is 2.40. The Labute approximate surface area is 82.8 Å². The Bertz CT molecular complexity index is 123. The van der Waals surface area contributed by atoms with Gasteiger partial charge in [-0.05, 0) is 52.7 Å². The minimum absolute atomic E-state index is 0.661. The van der Waals surface area contributed by atoms with E-state index < -0.39 is 0 Å². The molecule has 0 heterocycles. The Morgan fingerprint density at radius 1 is 1.46 bits per heavy atom. The van der Waals surface area contributed by atoms with Crippen molar-refractivity contribution in [3.8, 4) is 0 Å². The average Bonchev–Trinajstić information content (AvgIpc) is 2.14. The summed E-state index contributed by atoms with van der Waals surface area (Å²) in [6.07, 6.45) is 6.66. The molecule has 0 aliphatic carbocycles. The van der Waals surface area contributed by atoms with Crippen molar-refractivity contribution in [3.63, 3.8) is 0 Å². The lowest BCUT2D eigenvalue weighted by Gasteiger charge is -2.24. The predicted octanol–water partition coefficient (Wildman–Crippen LogP) is 2.01. The van der Waals surface area contributed by atoms with Crippen LogP contribution in [0.5, 0.6) is 0 Å². The molecule has 0 aliphatic rings. The van der Waals surface area contributed by atoms with E-state index in [0.29, 0.717) is 6.04 Å². The second-order valence-electron chi connectivity index (χ2n) is 3.69. The van der Waals surface area contributed by atoms with Crippen molar-refractivity contribution in [2.45, 2.75) is 38.6 Å². The van der Waals surface area contributed by atoms with E-state index >= 15 is 0 Å². The van der Waals surface area contributed by atoms with Gasteiger partial charge in [-0.2, -0.15) is 0 Å². The van der Waals surface area contributed by atoms with Crippen molar-refractivity contribution in [1.82, 2.24) is 4.90 Å². The molecule has 13 heavy (non-hydrogen) atoms. The lowest BCUT2D eigenvalue weighted by Crippen LogP contribution is -2.30. The lowest BCUT2D eigenvalue weighted by molar-refractivity contribution is 0.241. The van der Waals surface area contributed by atoms with Crippen LogP contribution in [0.25, 0.3) is 0 Å². The first-order chi connectivity index (χ1) is 6.22. The van der Waals surface area contributed by atoms with E-state index in [1.165, 1.54) is 12.8 Å². The van der Waals surface area contributed by atoms with Crippen LogP contribution in [0.3, 0.4) is 0 Å². The molecule has 0 aliphatic heterocycles. The molecule has 0 spiro atoms. The normalized spacial score (nSPS) is 13.2. The van der Waals surface area contributed by atoms with Crippen molar-refractivity contribution >= 4 is 0 Å². The van der Waals surface area contributed by atoms with Gasteiger partial charge >= 0.3 is 0 Å². The first-order valence-electron chi connectivity index (χ1n) is 5.23. The minimum atomic E-state index is 0.661. The molecule has 0 fully saturated rings. The molecule has 78 valence electrons. The second-order valence-corrected chi connectivity index (χ2v) is 3.69. The van der Waals surface area contributed by atoms with Gasteiger partial charge in [0.05, 0.1) is 0 Å². The number of hydrogen-bond acceptors (Lipinski definition) is 2. The first kappa shape index (κ1) is 12.7. The molecule has 0 rings (SSSR count). The fraction of sp³-hybridized carbons (Fsp3) is 0.818. The Hall–Kier alpha value is -0.340. The molecule has 0 saturated heterocycles. The molecule has 2 nitrogen and oxygen atoms in total. The quantitative estimate of drug-likeness (QED) is 0.462. The SMILES string of the molecule is C=CCCCN(C)C(C)CCCN. The third-order valence-corrected chi connectivity index (χ3v) is 2.50. The van der Waals surface area contributed by atoms with Gasteiger partial charge in [0.25, 0.3) is 0 Å². The zero-order valence-corrected chi connectivity index (χ0v) is 9.13. The number of allylic oxidation sites excluding steroid dienone is 1. The molecular weight excluding hydrogens is 160 g/mol. The highest BCUT2D eigenvalue weighted by atomic mass is 15.1. The zero-order chi connectivity index (χ0) is 10.1. The van der Waals surface area contributed by atoms with Gasteiger partial charge in [0, 0.05) is 6.04 Å². The van der Waals surface area contributed by atoms with E-state index in [9.17, 15) is 0 Å². The summed E-state index contributed by atoms with van der Waals surface area (Å²) >= 11 is 0. The van der Waals surface area contributed by atoms with Crippen LogP contribution >= 0.6 is 0 Å². The fourth-order valence-electron chi connectivity index (χ4n) is 1.34. The highest BCUT2D eigenvalue weighted by Gasteiger charge is 2.06. The molecule has 1 atom stereocenters. The molecule has 2 heteroatoms. The highest BCUT2D eigenvalue weighted by Crippen LogP contribution is 2.05. The topological polar surface area (TPSA) is 29.3 Å². The molecule has 0 aromatic rings. The number of nitrogens with zero attached hydrogens (tertiary/aromatic N) is 1. The third kappa shape index (κ3) is 6.79. The van der Waals surface area contributed by atoms with Crippen molar-refractivity contribution < 1.29 is 0 Å². The van der Waals surface area contributed by atoms with Crippen LogP contribution in [0.15, 0.2) is 12.7 Å². The van der Waals surface area contributed by atoms with E-state index in [4.69, 9.17) is 5.73 Å². The van der Waals surface area contributed by atoms with Crippen LogP contribution in [-0.2, 0) is 0 Å². The van der Waals surface area contributed by atoms with Gasteiger partial charge in [0.1, 0.15) is 0 Å². The molecule has 0 saturated carbocycles. The summed E-state index contributed by atoms with van der Waals surface area (Å²) in [6.45, 7) is 7.96. The molecule has 1 unspecified atom stereocenters. The van der Waals surface area contributed by atoms with Crippen LogP contribution in [0.4, 0.5) is 0 Å². The number of nitrogens with two attached hydrogens (primary N) is 1. The summed E-state index contributed by atoms with van der Waals surface area (Å²) in [5.41, 5.74) is 5.47. The van der Waals surface area contributed by atoms with Gasteiger partial charge in [-0.25, -0.2) is 0 Å². The lowest BCUT2D eigenvalue weighted by atomic mass is 10.1. The molecule has 0 amide bonds. The average molecular weight is 184 g/mol. The first-order valence-corrected chi connectivity index (χ1v) is 5.23. The van der Waals surface area contributed by atoms with Crippen LogP contribution in [-0.4, -0.2) is 31.1 Å². The second kappa shape index (κ2) is 8.27. The van der Waals surface area contributed by atoms with Crippen LogP contribution in [0, 0.1) is 0 Å². The summed E-state index contributed by atoms with van der Waals surface area (Å²) < 4.78 is 0. The van der Waals surface area contributed by atoms with E-state index in [1.54, 1.807) is 0 Å². The summed E-state index contributed by atoms with van der Waals surface area (Å²) in [6, 6.07) is 0.661.